The van der Waals surface area contributed by atoms with Crippen LogP contribution in [0.3, 0.4) is 0 Å². The first-order valence-electron chi connectivity index (χ1n) is 8.33. The Morgan fingerprint density at radius 1 is 0.667 bits per heavy atom. The molecule has 0 fully saturated rings. The lowest BCUT2D eigenvalue weighted by molar-refractivity contribution is -0.132. The van der Waals surface area contributed by atoms with Crippen molar-refractivity contribution in [2.75, 3.05) is 0 Å². The van der Waals surface area contributed by atoms with Crippen LogP contribution in [0.1, 0.15) is 52.4 Å². The van der Waals surface area contributed by atoms with E-state index in [1.807, 2.05) is 24.3 Å². The second-order valence-electron chi connectivity index (χ2n) is 4.92. The molecule has 0 rings (SSSR count). The number of unbranched alkanes of at least 4 members (excludes halogenated alkanes) is 4. The van der Waals surface area contributed by atoms with Crippen molar-refractivity contribution < 1.29 is 19.8 Å². The van der Waals surface area contributed by atoms with E-state index < -0.39 is 11.9 Å². The largest absolute Gasteiger partial charge is 0.478 e. The molecule has 0 aliphatic rings. The first-order valence-corrected chi connectivity index (χ1v) is 8.33. The molecule has 0 aliphatic carbocycles. The summed E-state index contributed by atoms with van der Waals surface area (Å²) in [6.45, 7) is 4.27. The highest BCUT2D eigenvalue weighted by atomic mass is 16.4. The van der Waals surface area contributed by atoms with E-state index in [9.17, 15) is 9.59 Å². The molecule has 0 aromatic carbocycles. The summed E-state index contributed by atoms with van der Waals surface area (Å²) in [5.41, 5.74) is 0. The predicted octanol–water partition coefficient (Wildman–Crippen LogP) is 5.30. The minimum atomic E-state index is -0.919. The summed E-state index contributed by atoms with van der Waals surface area (Å²) < 4.78 is 0. The monoisotopic (exact) mass is 334 g/mol. The van der Waals surface area contributed by atoms with Gasteiger partial charge in [-0.05, 0) is 19.3 Å². The number of carbonyl (C=O) groups is 2. The third kappa shape index (κ3) is 27.9. The van der Waals surface area contributed by atoms with Crippen molar-refractivity contribution in [2.24, 2.45) is 0 Å². The SMILES string of the molecule is CCCC=CC=CC=CC(=O)O.CCCCCC=CC=CC(=O)O. The van der Waals surface area contributed by atoms with Crippen LogP contribution >= 0.6 is 0 Å². The molecule has 4 nitrogen and oxygen atoms in total. The van der Waals surface area contributed by atoms with Gasteiger partial charge in [-0.2, -0.15) is 0 Å². The van der Waals surface area contributed by atoms with Crippen LogP contribution in [0.15, 0.2) is 60.8 Å². The fraction of sp³-hybridized carbons (Fsp3) is 0.400. The molecule has 0 atom stereocenters. The lowest BCUT2D eigenvalue weighted by Gasteiger charge is -1.89. The summed E-state index contributed by atoms with van der Waals surface area (Å²) in [6.07, 6.45) is 23.4. The summed E-state index contributed by atoms with van der Waals surface area (Å²) >= 11 is 0. The summed E-state index contributed by atoms with van der Waals surface area (Å²) in [7, 11) is 0. The van der Waals surface area contributed by atoms with Gasteiger partial charge in [0.2, 0.25) is 0 Å². The average Bonchev–Trinajstić information content (AvgIpc) is 2.53. The van der Waals surface area contributed by atoms with Crippen molar-refractivity contribution in [3.05, 3.63) is 60.8 Å². The Morgan fingerprint density at radius 3 is 1.71 bits per heavy atom. The number of carboxylic acids is 2. The molecule has 4 heteroatoms. The average molecular weight is 334 g/mol. The molecule has 0 aromatic heterocycles. The molecule has 0 saturated heterocycles. The van der Waals surface area contributed by atoms with Crippen molar-refractivity contribution in [1.82, 2.24) is 0 Å². The molecule has 0 radical (unpaired) electrons. The van der Waals surface area contributed by atoms with Crippen molar-refractivity contribution >= 4 is 11.9 Å². The third-order valence-electron chi connectivity index (χ3n) is 2.62. The third-order valence-corrected chi connectivity index (χ3v) is 2.62. The van der Waals surface area contributed by atoms with Gasteiger partial charge in [0, 0.05) is 12.2 Å². The standard InChI is InChI=1S/C10H16O2.C10H14O2/c2*1-2-3-4-5-6-7-8-9-10(11)12/h6-9H,2-5H2,1H3,(H,11,12);4-9H,2-3H2,1H3,(H,11,12). The Kier molecular flexibility index (Phi) is 20.6. The molecule has 0 saturated carbocycles. The molecule has 0 unspecified atom stereocenters. The van der Waals surface area contributed by atoms with E-state index in [1.54, 1.807) is 18.2 Å². The topological polar surface area (TPSA) is 74.6 Å². The normalized spacial score (nSPS) is 11.8. The zero-order valence-corrected chi connectivity index (χ0v) is 14.7. The van der Waals surface area contributed by atoms with E-state index in [0.717, 1.165) is 31.4 Å². The summed E-state index contributed by atoms with van der Waals surface area (Å²) in [6, 6.07) is 0. The summed E-state index contributed by atoms with van der Waals surface area (Å²) in [4.78, 5) is 20.0. The van der Waals surface area contributed by atoms with Crippen molar-refractivity contribution in [1.29, 1.82) is 0 Å². The van der Waals surface area contributed by atoms with Crippen LogP contribution in [0.25, 0.3) is 0 Å². The maximum absolute atomic E-state index is 10.0. The van der Waals surface area contributed by atoms with Gasteiger partial charge in [0.15, 0.2) is 0 Å². The minimum Gasteiger partial charge on any atom is -0.478 e. The molecule has 2 N–H and O–H groups in total. The van der Waals surface area contributed by atoms with Gasteiger partial charge in [0.1, 0.15) is 0 Å². The van der Waals surface area contributed by atoms with Crippen LogP contribution in [-0.4, -0.2) is 22.2 Å². The molecular formula is C20H30O4. The van der Waals surface area contributed by atoms with Crippen LogP contribution in [0.5, 0.6) is 0 Å². The number of carboxylic acid groups (broad SMARTS) is 2. The highest BCUT2D eigenvalue weighted by Gasteiger charge is 1.82. The molecule has 24 heavy (non-hydrogen) atoms. The van der Waals surface area contributed by atoms with Crippen molar-refractivity contribution in [3.8, 4) is 0 Å². The van der Waals surface area contributed by atoms with Crippen LogP contribution in [-0.2, 0) is 9.59 Å². The van der Waals surface area contributed by atoms with Gasteiger partial charge in [0.05, 0.1) is 0 Å². The lowest BCUT2D eigenvalue weighted by Crippen LogP contribution is -1.84. The van der Waals surface area contributed by atoms with Gasteiger partial charge in [-0.3, -0.25) is 0 Å². The highest BCUT2D eigenvalue weighted by Crippen LogP contribution is 1.99. The van der Waals surface area contributed by atoms with Gasteiger partial charge in [-0.25, -0.2) is 9.59 Å². The Hall–Kier alpha value is -2.36. The predicted molar refractivity (Wildman–Crippen MR) is 100 cm³/mol. The zero-order valence-electron chi connectivity index (χ0n) is 14.7. The van der Waals surface area contributed by atoms with E-state index in [4.69, 9.17) is 10.2 Å². The first kappa shape index (κ1) is 23.9. The van der Waals surface area contributed by atoms with E-state index in [-0.39, 0.29) is 0 Å². The number of allylic oxidation sites excluding steroid dienone is 8. The van der Waals surface area contributed by atoms with E-state index in [1.165, 1.54) is 25.3 Å². The van der Waals surface area contributed by atoms with Gasteiger partial charge in [0.25, 0.3) is 0 Å². The molecule has 0 bridgehead atoms. The van der Waals surface area contributed by atoms with Gasteiger partial charge < -0.3 is 10.2 Å². The highest BCUT2D eigenvalue weighted by molar-refractivity contribution is 5.80. The number of hydrogen-bond acceptors (Lipinski definition) is 2. The van der Waals surface area contributed by atoms with E-state index in [2.05, 4.69) is 13.8 Å². The molecule has 0 amide bonds. The second-order valence-corrected chi connectivity index (χ2v) is 4.92. The molecule has 0 aliphatic heterocycles. The second kappa shape index (κ2) is 20.6. The van der Waals surface area contributed by atoms with Crippen LogP contribution in [0.4, 0.5) is 0 Å². The van der Waals surface area contributed by atoms with Crippen molar-refractivity contribution in [2.45, 2.75) is 52.4 Å². The fourth-order valence-electron chi connectivity index (χ4n) is 1.43. The molecular weight excluding hydrogens is 304 g/mol. The summed E-state index contributed by atoms with van der Waals surface area (Å²) in [5.74, 6) is -1.81. The Labute approximate surface area is 145 Å². The summed E-state index contributed by atoms with van der Waals surface area (Å²) in [5, 5.41) is 16.4. The van der Waals surface area contributed by atoms with Gasteiger partial charge in [-0.1, -0.05) is 81.7 Å². The zero-order chi connectivity index (χ0) is 18.5. The number of rotatable bonds is 11. The maximum Gasteiger partial charge on any atom is 0.328 e. The van der Waals surface area contributed by atoms with Gasteiger partial charge in [-0.15, -0.1) is 0 Å². The number of hydrogen-bond donors (Lipinski definition) is 2. The quantitative estimate of drug-likeness (QED) is 0.305. The molecule has 134 valence electrons. The maximum atomic E-state index is 10.0. The fourth-order valence-corrected chi connectivity index (χ4v) is 1.43. The lowest BCUT2D eigenvalue weighted by atomic mass is 10.2. The van der Waals surface area contributed by atoms with E-state index in [0.29, 0.717) is 0 Å². The Balaban J connectivity index is 0. The Morgan fingerprint density at radius 2 is 1.17 bits per heavy atom. The van der Waals surface area contributed by atoms with E-state index >= 15 is 0 Å². The Bertz CT molecular complexity index is 454. The van der Waals surface area contributed by atoms with Crippen LogP contribution in [0, 0.1) is 0 Å². The molecule has 0 heterocycles. The smallest absolute Gasteiger partial charge is 0.328 e. The number of aliphatic carboxylic acids is 2. The molecule has 0 spiro atoms. The first-order chi connectivity index (χ1) is 11.5. The van der Waals surface area contributed by atoms with Gasteiger partial charge >= 0.3 is 11.9 Å². The minimum absolute atomic E-state index is 0.895. The van der Waals surface area contributed by atoms with Crippen LogP contribution in [0.2, 0.25) is 0 Å². The molecule has 0 aromatic rings. The van der Waals surface area contributed by atoms with Crippen LogP contribution < -0.4 is 0 Å². The van der Waals surface area contributed by atoms with Crippen molar-refractivity contribution in [3.63, 3.8) is 0 Å².